The molecule has 0 aliphatic carbocycles. The molecule has 0 radical (unpaired) electrons. The molecule has 1 nitrogen and oxygen atoms in total. The molecule has 0 saturated carbocycles. The van der Waals surface area contributed by atoms with E-state index >= 15 is 0 Å². The number of rotatable bonds is 0. The molecular weight excluding hydrogens is 248 g/mol. The molecule has 0 aliphatic heterocycles. The maximum atomic E-state index is 8.46. The van der Waals surface area contributed by atoms with Gasteiger partial charge >= 0.3 is 29.6 Å². The second-order valence-corrected chi connectivity index (χ2v) is 2.75. The maximum absolute atomic E-state index is 8.46. The molecule has 0 fully saturated rings. The first-order valence-corrected chi connectivity index (χ1v) is 3.57. The SMILES string of the molecule is N#Cc1ccccc1I.[NaH]. The Hall–Kier alpha value is 0.440. The van der Waals surface area contributed by atoms with Crippen molar-refractivity contribution in [1.29, 1.82) is 5.26 Å². The monoisotopic (exact) mass is 253 g/mol. The third-order valence-corrected chi connectivity index (χ3v) is 1.93. The Labute approximate surface area is 95.9 Å². The minimum atomic E-state index is 0. The molecule has 0 unspecified atom stereocenters. The quantitative estimate of drug-likeness (QED) is 0.508. The van der Waals surface area contributed by atoms with Crippen molar-refractivity contribution in [2.24, 2.45) is 0 Å². The number of nitriles is 1. The van der Waals surface area contributed by atoms with E-state index in [4.69, 9.17) is 5.26 Å². The topological polar surface area (TPSA) is 23.8 Å². The summed E-state index contributed by atoms with van der Waals surface area (Å²) < 4.78 is 1.01. The van der Waals surface area contributed by atoms with Gasteiger partial charge in [0, 0.05) is 3.57 Å². The van der Waals surface area contributed by atoms with E-state index in [-0.39, 0.29) is 29.6 Å². The first kappa shape index (κ1) is 10.4. The zero-order chi connectivity index (χ0) is 6.69. The van der Waals surface area contributed by atoms with Gasteiger partial charge in [-0.05, 0) is 34.7 Å². The number of halogens is 1. The molecule has 0 aliphatic rings. The normalized spacial score (nSPS) is 7.60. The van der Waals surface area contributed by atoms with Crippen LogP contribution in [0.4, 0.5) is 0 Å². The standard InChI is InChI=1S/C7H4IN.Na.H/c8-7-4-2-1-3-6(7)5-9;;/h1-4H;;. The van der Waals surface area contributed by atoms with Crippen LogP contribution in [0, 0.1) is 14.9 Å². The van der Waals surface area contributed by atoms with Crippen LogP contribution in [0.25, 0.3) is 0 Å². The molecule has 0 heterocycles. The van der Waals surface area contributed by atoms with Crippen molar-refractivity contribution in [3.05, 3.63) is 33.4 Å². The summed E-state index contributed by atoms with van der Waals surface area (Å²) in [5.41, 5.74) is 0.748. The molecule has 1 rings (SSSR count). The number of benzene rings is 1. The Kier molecular flexibility index (Phi) is 5.36. The van der Waals surface area contributed by atoms with Gasteiger partial charge in [-0.15, -0.1) is 0 Å². The molecule has 0 spiro atoms. The Bertz CT molecular complexity index is 254. The summed E-state index contributed by atoms with van der Waals surface area (Å²) in [5.74, 6) is 0. The molecule has 1 aromatic rings. The second-order valence-electron chi connectivity index (χ2n) is 1.59. The van der Waals surface area contributed by atoms with E-state index in [0.717, 1.165) is 9.13 Å². The number of hydrogen-bond acceptors (Lipinski definition) is 1. The van der Waals surface area contributed by atoms with Crippen LogP contribution in [-0.2, 0) is 0 Å². The fourth-order valence-electron chi connectivity index (χ4n) is 0.552. The number of hydrogen-bond donors (Lipinski definition) is 0. The van der Waals surface area contributed by atoms with Crippen molar-refractivity contribution in [3.63, 3.8) is 0 Å². The Morgan fingerprint density at radius 1 is 1.30 bits per heavy atom. The summed E-state index contributed by atoms with van der Waals surface area (Å²) in [5, 5.41) is 8.46. The second kappa shape index (κ2) is 5.14. The zero-order valence-electron chi connectivity index (χ0n) is 4.63. The fourth-order valence-corrected chi connectivity index (χ4v) is 1.06. The summed E-state index contributed by atoms with van der Waals surface area (Å²) in [7, 11) is 0. The van der Waals surface area contributed by atoms with Crippen molar-refractivity contribution < 1.29 is 0 Å². The minimum absolute atomic E-state index is 0. The fraction of sp³-hybridized carbons (Fsp3) is 0. The van der Waals surface area contributed by atoms with Crippen LogP contribution in [0.2, 0.25) is 0 Å². The predicted molar refractivity (Wildman–Crippen MR) is 51.0 cm³/mol. The van der Waals surface area contributed by atoms with Crippen LogP contribution in [0.1, 0.15) is 5.56 Å². The third-order valence-electron chi connectivity index (χ3n) is 0.994. The van der Waals surface area contributed by atoms with E-state index in [1.165, 1.54) is 0 Å². The van der Waals surface area contributed by atoms with Crippen LogP contribution in [0.5, 0.6) is 0 Å². The molecule has 3 heteroatoms. The van der Waals surface area contributed by atoms with Gasteiger partial charge in [0.1, 0.15) is 6.07 Å². The van der Waals surface area contributed by atoms with Crippen molar-refractivity contribution >= 4 is 52.1 Å². The molecule has 0 bridgehead atoms. The van der Waals surface area contributed by atoms with Gasteiger partial charge in [0.2, 0.25) is 0 Å². The van der Waals surface area contributed by atoms with E-state index in [1.807, 2.05) is 24.3 Å². The molecule has 0 saturated heterocycles. The average Bonchev–Trinajstić information content (AvgIpc) is 1.89. The Morgan fingerprint density at radius 2 is 1.90 bits per heavy atom. The van der Waals surface area contributed by atoms with Gasteiger partial charge in [-0.25, -0.2) is 0 Å². The van der Waals surface area contributed by atoms with Gasteiger partial charge in [0.05, 0.1) is 5.56 Å². The van der Waals surface area contributed by atoms with E-state index in [0.29, 0.717) is 0 Å². The summed E-state index contributed by atoms with van der Waals surface area (Å²) >= 11 is 2.14. The van der Waals surface area contributed by atoms with Crippen molar-refractivity contribution in [2.45, 2.75) is 0 Å². The predicted octanol–water partition coefficient (Wildman–Crippen LogP) is 1.51. The van der Waals surface area contributed by atoms with Gasteiger partial charge in [-0.2, -0.15) is 5.26 Å². The summed E-state index contributed by atoms with van der Waals surface area (Å²) in [4.78, 5) is 0. The van der Waals surface area contributed by atoms with E-state index in [2.05, 4.69) is 28.7 Å². The molecule has 46 valence electrons. The molecule has 0 atom stereocenters. The van der Waals surface area contributed by atoms with Gasteiger partial charge in [0.15, 0.2) is 0 Å². The molecule has 1 aromatic carbocycles. The van der Waals surface area contributed by atoms with E-state index < -0.39 is 0 Å². The van der Waals surface area contributed by atoms with Gasteiger partial charge in [0.25, 0.3) is 0 Å². The number of nitrogens with zero attached hydrogens (tertiary/aromatic N) is 1. The van der Waals surface area contributed by atoms with Crippen LogP contribution >= 0.6 is 22.6 Å². The molecule has 10 heavy (non-hydrogen) atoms. The van der Waals surface area contributed by atoms with Crippen LogP contribution in [-0.4, -0.2) is 29.6 Å². The Morgan fingerprint density at radius 3 is 2.30 bits per heavy atom. The molecular formula is C7H5INNa. The van der Waals surface area contributed by atoms with E-state index in [1.54, 1.807) is 0 Å². The average molecular weight is 253 g/mol. The van der Waals surface area contributed by atoms with Gasteiger partial charge in [-0.3, -0.25) is 0 Å². The Balaban J connectivity index is 0.000000810. The summed E-state index contributed by atoms with van der Waals surface area (Å²) in [6, 6.07) is 9.59. The first-order valence-electron chi connectivity index (χ1n) is 2.49. The van der Waals surface area contributed by atoms with Gasteiger partial charge in [-0.1, -0.05) is 12.1 Å². The van der Waals surface area contributed by atoms with Crippen molar-refractivity contribution in [3.8, 4) is 6.07 Å². The van der Waals surface area contributed by atoms with Crippen LogP contribution < -0.4 is 0 Å². The van der Waals surface area contributed by atoms with Crippen molar-refractivity contribution in [1.82, 2.24) is 0 Å². The van der Waals surface area contributed by atoms with Crippen molar-refractivity contribution in [2.75, 3.05) is 0 Å². The third kappa shape index (κ3) is 2.59. The summed E-state index contributed by atoms with van der Waals surface area (Å²) in [6.07, 6.45) is 0. The molecule has 0 N–H and O–H groups in total. The zero-order valence-corrected chi connectivity index (χ0v) is 6.79. The molecule has 0 amide bonds. The van der Waals surface area contributed by atoms with Crippen LogP contribution in [0.3, 0.4) is 0 Å². The summed E-state index contributed by atoms with van der Waals surface area (Å²) in [6.45, 7) is 0. The van der Waals surface area contributed by atoms with Crippen LogP contribution in [0.15, 0.2) is 24.3 Å². The molecule has 0 aromatic heterocycles. The van der Waals surface area contributed by atoms with Gasteiger partial charge < -0.3 is 0 Å². The first-order chi connectivity index (χ1) is 4.34. The van der Waals surface area contributed by atoms with E-state index in [9.17, 15) is 0 Å².